The Morgan fingerprint density at radius 3 is 2.50 bits per heavy atom. The number of hydrogen-bond donors (Lipinski definition) is 3. The van der Waals surface area contributed by atoms with Gasteiger partial charge in [-0.1, -0.05) is 59.6 Å². The van der Waals surface area contributed by atoms with Crippen LogP contribution in [0.25, 0.3) is 5.70 Å². The minimum Gasteiger partial charge on any atom is -0.487 e. The zero-order chi connectivity index (χ0) is 30.4. The van der Waals surface area contributed by atoms with Crippen molar-refractivity contribution in [2.45, 2.75) is 18.5 Å². The average molecular weight is 613 g/mol. The monoisotopic (exact) mass is 611 g/mol. The summed E-state index contributed by atoms with van der Waals surface area (Å²) >= 11 is 13.3. The molecule has 0 spiro atoms. The van der Waals surface area contributed by atoms with Gasteiger partial charge in [0.25, 0.3) is 0 Å². The van der Waals surface area contributed by atoms with Gasteiger partial charge >= 0.3 is 6.03 Å². The lowest BCUT2D eigenvalue weighted by molar-refractivity contribution is -0.120. The van der Waals surface area contributed by atoms with E-state index in [2.05, 4.69) is 10.6 Å². The molecular formula is C30H31Cl2N5O5. The molecule has 0 saturated carbocycles. The van der Waals surface area contributed by atoms with Crippen LogP contribution in [-0.2, 0) is 25.7 Å². The van der Waals surface area contributed by atoms with Crippen molar-refractivity contribution in [1.82, 2.24) is 5.32 Å². The maximum atomic E-state index is 13.7. The zero-order valence-corrected chi connectivity index (χ0v) is 24.8. The molecule has 0 fully saturated rings. The van der Waals surface area contributed by atoms with Crippen molar-refractivity contribution >= 4 is 63.8 Å². The molecule has 1 aliphatic rings. The van der Waals surface area contributed by atoms with Gasteiger partial charge in [0.2, 0.25) is 11.8 Å². The summed E-state index contributed by atoms with van der Waals surface area (Å²) in [7, 11) is 2.96. The molecule has 3 aromatic carbocycles. The fraction of sp³-hybridized carbons (Fsp3) is 0.233. The minimum atomic E-state index is -1.51. The molecule has 10 nitrogen and oxygen atoms in total. The van der Waals surface area contributed by atoms with Crippen molar-refractivity contribution in [3.05, 3.63) is 94.7 Å². The van der Waals surface area contributed by atoms with E-state index in [1.165, 1.54) is 16.9 Å². The molecule has 1 heterocycles. The van der Waals surface area contributed by atoms with Crippen molar-refractivity contribution in [1.29, 1.82) is 0 Å². The van der Waals surface area contributed by atoms with Gasteiger partial charge in [-0.15, -0.1) is 0 Å². The number of nitrogens with zero attached hydrogens (tertiary/aromatic N) is 2. The second-order valence-electron chi connectivity index (χ2n) is 9.61. The van der Waals surface area contributed by atoms with Crippen molar-refractivity contribution < 1.29 is 23.9 Å². The maximum Gasteiger partial charge on any atom is 0.322 e. The van der Waals surface area contributed by atoms with Crippen molar-refractivity contribution in [3.63, 3.8) is 0 Å². The van der Waals surface area contributed by atoms with Gasteiger partial charge in [-0.25, -0.2) is 4.79 Å². The first-order valence-corrected chi connectivity index (χ1v) is 13.7. The summed E-state index contributed by atoms with van der Waals surface area (Å²) < 4.78 is 10.9. The summed E-state index contributed by atoms with van der Waals surface area (Å²) in [5.74, 6) is -0.653. The van der Waals surface area contributed by atoms with Crippen LogP contribution in [0.1, 0.15) is 18.1 Å². The Morgan fingerprint density at radius 1 is 1.05 bits per heavy atom. The number of methoxy groups -OCH3 is 1. The molecule has 0 bridgehead atoms. The molecule has 42 heavy (non-hydrogen) atoms. The quantitative estimate of drug-likeness (QED) is 0.233. The SMILES string of the molecule is COCC(=O)Nc1cccc(N(C)C(=O)NCC(=O)N2c3ccc(Cl)cc3C(N)=C(OCc3ccccc3)C2(C)Cl)c1. The number of carbonyl (C=O) groups is 3. The molecule has 4 N–H and O–H groups in total. The number of ether oxygens (including phenoxy) is 2. The number of nitrogens with one attached hydrogen (secondary N) is 2. The first-order valence-electron chi connectivity index (χ1n) is 12.9. The predicted molar refractivity (Wildman–Crippen MR) is 164 cm³/mol. The van der Waals surface area contributed by atoms with E-state index in [0.29, 0.717) is 27.6 Å². The van der Waals surface area contributed by atoms with Gasteiger partial charge in [0.1, 0.15) is 13.2 Å². The van der Waals surface area contributed by atoms with E-state index in [-0.39, 0.29) is 37.1 Å². The van der Waals surface area contributed by atoms with E-state index < -0.39 is 16.9 Å². The smallest absolute Gasteiger partial charge is 0.322 e. The second kappa shape index (κ2) is 13.2. The van der Waals surface area contributed by atoms with Crippen LogP contribution < -0.4 is 26.2 Å². The largest absolute Gasteiger partial charge is 0.487 e. The van der Waals surface area contributed by atoms with Gasteiger partial charge in [-0.05, 0) is 48.9 Å². The fourth-order valence-corrected chi connectivity index (χ4v) is 5.02. The number of benzene rings is 3. The molecular weight excluding hydrogens is 581 g/mol. The number of amides is 4. The highest BCUT2D eigenvalue weighted by molar-refractivity contribution is 6.32. The Morgan fingerprint density at radius 2 is 1.79 bits per heavy atom. The highest BCUT2D eigenvalue weighted by Gasteiger charge is 2.46. The zero-order valence-electron chi connectivity index (χ0n) is 23.3. The van der Waals surface area contributed by atoms with Gasteiger partial charge in [0.05, 0.1) is 17.9 Å². The van der Waals surface area contributed by atoms with E-state index in [4.69, 9.17) is 38.4 Å². The van der Waals surface area contributed by atoms with Crippen LogP contribution in [0.15, 0.2) is 78.6 Å². The van der Waals surface area contributed by atoms with Crippen molar-refractivity contribution in [3.8, 4) is 0 Å². The van der Waals surface area contributed by atoms with Crippen LogP contribution >= 0.6 is 23.2 Å². The summed E-state index contributed by atoms with van der Waals surface area (Å²) in [5.41, 5.74) is 9.53. The molecule has 0 radical (unpaired) electrons. The minimum absolute atomic E-state index is 0.103. The Labute approximate surface area is 254 Å². The van der Waals surface area contributed by atoms with Gasteiger partial charge < -0.3 is 25.8 Å². The number of urea groups is 1. The second-order valence-corrected chi connectivity index (χ2v) is 10.8. The first-order chi connectivity index (χ1) is 20.0. The third-order valence-corrected chi connectivity index (χ3v) is 7.11. The Hall–Kier alpha value is -4.25. The van der Waals surface area contributed by atoms with Gasteiger partial charge in [-0.2, -0.15) is 0 Å². The van der Waals surface area contributed by atoms with E-state index in [1.54, 1.807) is 56.4 Å². The number of rotatable bonds is 9. The molecule has 1 atom stereocenters. The fourth-order valence-electron chi connectivity index (χ4n) is 4.51. The van der Waals surface area contributed by atoms with E-state index in [9.17, 15) is 14.4 Å². The number of fused-ring (bicyclic) bond motifs is 1. The van der Waals surface area contributed by atoms with Crippen molar-refractivity contribution in [2.24, 2.45) is 5.73 Å². The summed E-state index contributed by atoms with van der Waals surface area (Å²) in [6.07, 6.45) is 0. The Bertz CT molecular complexity index is 1510. The average Bonchev–Trinajstić information content (AvgIpc) is 2.96. The molecule has 1 aliphatic heterocycles. The summed E-state index contributed by atoms with van der Waals surface area (Å²) in [4.78, 5) is 39.7. The lowest BCUT2D eigenvalue weighted by atomic mass is 9.98. The highest BCUT2D eigenvalue weighted by atomic mass is 35.5. The van der Waals surface area contributed by atoms with Gasteiger partial charge in [-0.3, -0.25) is 19.4 Å². The molecule has 0 aliphatic carbocycles. The number of carbonyl (C=O) groups excluding carboxylic acids is 3. The lowest BCUT2D eigenvalue weighted by Gasteiger charge is -2.42. The number of hydrogen-bond acceptors (Lipinski definition) is 6. The molecule has 0 aromatic heterocycles. The molecule has 1 unspecified atom stereocenters. The molecule has 12 heteroatoms. The lowest BCUT2D eigenvalue weighted by Crippen LogP contribution is -2.54. The van der Waals surface area contributed by atoms with Crippen LogP contribution in [0, 0.1) is 0 Å². The van der Waals surface area contributed by atoms with E-state index >= 15 is 0 Å². The normalized spacial score (nSPS) is 16.0. The third-order valence-electron chi connectivity index (χ3n) is 6.53. The predicted octanol–water partition coefficient (Wildman–Crippen LogP) is 4.92. The molecule has 4 amide bonds. The molecule has 4 rings (SSSR count). The van der Waals surface area contributed by atoms with Crippen LogP contribution in [0.4, 0.5) is 21.9 Å². The number of halogens is 2. The molecule has 3 aromatic rings. The topological polar surface area (TPSA) is 126 Å². The van der Waals surface area contributed by atoms with Gasteiger partial charge in [0, 0.05) is 36.1 Å². The van der Waals surface area contributed by atoms with Crippen LogP contribution in [0.3, 0.4) is 0 Å². The van der Waals surface area contributed by atoms with E-state index in [1.807, 2.05) is 30.3 Å². The third kappa shape index (κ3) is 6.79. The Balaban J connectivity index is 1.52. The highest BCUT2D eigenvalue weighted by Crippen LogP contribution is 2.45. The van der Waals surface area contributed by atoms with E-state index in [0.717, 1.165) is 5.56 Å². The van der Waals surface area contributed by atoms with Crippen LogP contribution in [0.2, 0.25) is 5.02 Å². The number of nitrogens with two attached hydrogens (primary N) is 1. The van der Waals surface area contributed by atoms with Gasteiger partial charge in [0.15, 0.2) is 10.8 Å². The summed E-state index contributed by atoms with van der Waals surface area (Å²) in [6, 6.07) is 20.5. The summed E-state index contributed by atoms with van der Waals surface area (Å²) in [5, 5.41) is 5.74. The number of anilines is 3. The van der Waals surface area contributed by atoms with Crippen LogP contribution in [-0.4, -0.2) is 50.2 Å². The first kappa shape index (κ1) is 30.7. The Kier molecular flexibility index (Phi) is 9.62. The maximum absolute atomic E-state index is 13.7. The number of alkyl halides is 1. The molecule has 0 saturated heterocycles. The van der Waals surface area contributed by atoms with Crippen LogP contribution in [0.5, 0.6) is 0 Å². The van der Waals surface area contributed by atoms with Crippen molar-refractivity contribution in [2.75, 3.05) is 42.4 Å². The summed E-state index contributed by atoms with van der Waals surface area (Å²) in [6.45, 7) is 1.29. The standard InChI is InChI=1S/C30H31Cl2N5O5/c1-30(32)28(42-17-19-8-5-4-6-9-19)27(33)23-14-20(31)12-13-24(23)37(30)26(39)16-34-29(40)36(2)22-11-7-10-21(15-22)35-25(38)18-41-3/h4-15H,16-18,33H2,1-3H3,(H,34,40)(H,35,38). The molecule has 220 valence electrons.